The van der Waals surface area contributed by atoms with Crippen molar-refractivity contribution < 1.29 is 0 Å². The average molecular weight is 156 g/mol. The van der Waals surface area contributed by atoms with Crippen molar-refractivity contribution in [1.82, 2.24) is 9.97 Å². The second kappa shape index (κ2) is 2.93. The Balaban J connectivity index is 2.27. The predicted molar refractivity (Wildman–Crippen MR) is 49.2 cm³/mol. The fourth-order valence-electron chi connectivity index (χ4n) is 1.24. The Bertz CT molecular complexity index is 289. The van der Waals surface area contributed by atoms with Gasteiger partial charge in [-0.25, -0.2) is 0 Å². The maximum absolute atomic E-state index is 5.94. The van der Waals surface area contributed by atoms with Crippen LogP contribution in [0, 0.1) is 0 Å². The van der Waals surface area contributed by atoms with Crippen molar-refractivity contribution in [2.45, 2.75) is 5.82 Å². The van der Waals surface area contributed by atoms with E-state index in [0.29, 0.717) is 0 Å². The van der Waals surface area contributed by atoms with Crippen LogP contribution in [0.1, 0.15) is 17.2 Å². The number of hydrogen-bond acceptors (Lipinski definition) is 0. The summed E-state index contributed by atoms with van der Waals surface area (Å²) < 4.78 is 0. The van der Waals surface area contributed by atoms with E-state index in [1.165, 1.54) is 0 Å². The molecule has 0 saturated carbocycles. The van der Waals surface area contributed by atoms with Gasteiger partial charge in [0.2, 0.25) is 0 Å². The van der Waals surface area contributed by atoms with Crippen molar-refractivity contribution in [2.24, 2.45) is 0 Å². The lowest BCUT2D eigenvalue weighted by Crippen LogP contribution is -2.00. The Morgan fingerprint density at radius 1 is 1.00 bits per heavy atom. The predicted octanol–water partition coefficient (Wildman–Crippen LogP) is 1.60. The molecule has 0 unspecified atom stereocenters. The number of rotatable bonds is 2. The van der Waals surface area contributed by atoms with E-state index >= 15 is 0 Å². The van der Waals surface area contributed by atoms with Gasteiger partial charge in [0.25, 0.3) is 0 Å². The number of nitrogens with one attached hydrogen (secondary N) is 2. The molecular formula is C9H9BN2. The molecule has 2 heterocycles. The molecule has 0 atom stereocenters. The van der Waals surface area contributed by atoms with E-state index in [0.717, 1.165) is 11.4 Å². The van der Waals surface area contributed by atoms with Crippen LogP contribution in [0.2, 0.25) is 0 Å². The molecular weight excluding hydrogens is 147 g/mol. The fraction of sp³-hybridized carbons (Fsp3) is 0.111. The van der Waals surface area contributed by atoms with Gasteiger partial charge in [-0.3, -0.25) is 0 Å². The topological polar surface area (TPSA) is 31.6 Å². The third kappa shape index (κ3) is 1.18. The van der Waals surface area contributed by atoms with Crippen molar-refractivity contribution >= 4 is 7.85 Å². The second-order valence-electron chi connectivity index (χ2n) is 2.73. The molecule has 2 N–H and O–H groups in total. The first kappa shape index (κ1) is 7.28. The van der Waals surface area contributed by atoms with E-state index in [1.54, 1.807) is 0 Å². The van der Waals surface area contributed by atoms with Gasteiger partial charge < -0.3 is 9.97 Å². The zero-order valence-electron chi connectivity index (χ0n) is 6.62. The lowest BCUT2D eigenvalue weighted by Gasteiger charge is -2.06. The van der Waals surface area contributed by atoms with Gasteiger partial charge >= 0.3 is 0 Å². The highest BCUT2D eigenvalue weighted by molar-refractivity contribution is 6.14. The highest BCUT2D eigenvalue weighted by atomic mass is 14.7. The molecule has 0 bridgehead atoms. The summed E-state index contributed by atoms with van der Waals surface area (Å²) in [5.41, 5.74) is 2.05. The summed E-state index contributed by atoms with van der Waals surface area (Å²) in [6.45, 7) is 0. The van der Waals surface area contributed by atoms with Gasteiger partial charge in [-0.2, -0.15) is 0 Å². The van der Waals surface area contributed by atoms with Gasteiger partial charge in [0.1, 0.15) is 0 Å². The van der Waals surface area contributed by atoms with E-state index in [2.05, 4.69) is 9.97 Å². The number of aromatic amines is 2. The van der Waals surface area contributed by atoms with Crippen molar-refractivity contribution in [3.63, 3.8) is 0 Å². The van der Waals surface area contributed by atoms with E-state index in [4.69, 9.17) is 7.85 Å². The standard InChI is InChI=1S/C9H9BN2/c10-9(7-3-1-5-11-7)8-4-2-6-12-8/h1-6,9,11-12H. The molecule has 2 aromatic heterocycles. The summed E-state index contributed by atoms with van der Waals surface area (Å²) in [7, 11) is 5.94. The van der Waals surface area contributed by atoms with Crippen LogP contribution in [0.5, 0.6) is 0 Å². The van der Waals surface area contributed by atoms with Crippen LogP contribution in [0.4, 0.5) is 0 Å². The minimum atomic E-state index is -0.0741. The van der Waals surface area contributed by atoms with Gasteiger partial charge in [0, 0.05) is 29.6 Å². The molecule has 2 aromatic rings. The molecule has 58 valence electrons. The normalized spacial score (nSPS) is 10.8. The number of hydrogen-bond donors (Lipinski definition) is 2. The third-order valence-electron chi connectivity index (χ3n) is 1.91. The summed E-state index contributed by atoms with van der Waals surface area (Å²) in [4.78, 5) is 6.16. The summed E-state index contributed by atoms with van der Waals surface area (Å²) in [5, 5.41) is 0. The smallest absolute Gasteiger partial charge is 0.0869 e. The summed E-state index contributed by atoms with van der Waals surface area (Å²) in [6.07, 6.45) is 3.75. The second-order valence-corrected chi connectivity index (χ2v) is 2.73. The highest BCUT2D eigenvalue weighted by Gasteiger charge is 2.07. The summed E-state index contributed by atoms with van der Waals surface area (Å²) in [5.74, 6) is -0.0741. The van der Waals surface area contributed by atoms with Gasteiger partial charge in [-0.1, -0.05) is 0 Å². The lowest BCUT2D eigenvalue weighted by molar-refractivity contribution is 1.01. The lowest BCUT2D eigenvalue weighted by atomic mass is 9.82. The SMILES string of the molecule is [B]C(c1ccc[nH]1)c1ccc[nH]1. The Kier molecular flexibility index (Phi) is 1.78. The molecule has 0 aliphatic rings. The third-order valence-corrected chi connectivity index (χ3v) is 1.91. The zero-order chi connectivity index (χ0) is 8.39. The van der Waals surface area contributed by atoms with Crippen LogP contribution in [-0.4, -0.2) is 17.8 Å². The minimum Gasteiger partial charge on any atom is -0.365 e. The van der Waals surface area contributed by atoms with Gasteiger partial charge in [0.15, 0.2) is 0 Å². The summed E-state index contributed by atoms with van der Waals surface area (Å²) >= 11 is 0. The van der Waals surface area contributed by atoms with E-state index in [9.17, 15) is 0 Å². The van der Waals surface area contributed by atoms with Crippen LogP contribution in [-0.2, 0) is 0 Å². The van der Waals surface area contributed by atoms with Crippen LogP contribution in [0.25, 0.3) is 0 Å². The molecule has 2 rings (SSSR count). The molecule has 0 aromatic carbocycles. The Hall–Kier alpha value is -1.38. The average Bonchev–Trinajstić information content (AvgIpc) is 2.77. The number of H-pyrrole nitrogens is 2. The fourth-order valence-corrected chi connectivity index (χ4v) is 1.24. The first-order chi connectivity index (χ1) is 5.88. The van der Waals surface area contributed by atoms with Crippen molar-refractivity contribution in [1.29, 1.82) is 0 Å². The zero-order valence-corrected chi connectivity index (χ0v) is 6.62. The number of aromatic nitrogens is 2. The van der Waals surface area contributed by atoms with Crippen molar-refractivity contribution in [2.75, 3.05) is 0 Å². The van der Waals surface area contributed by atoms with Crippen LogP contribution in [0.15, 0.2) is 36.7 Å². The van der Waals surface area contributed by atoms with Crippen LogP contribution in [0.3, 0.4) is 0 Å². The van der Waals surface area contributed by atoms with Crippen molar-refractivity contribution in [3.05, 3.63) is 48.0 Å². The first-order valence-corrected chi connectivity index (χ1v) is 3.90. The first-order valence-electron chi connectivity index (χ1n) is 3.90. The van der Waals surface area contributed by atoms with Crippen molar-refractivity contribution in [3.8, 4) is 0 Å². The highest BCUT2D eigenvalue weighted by Crippen LogP contribution is 2.17. The molecule has 0 aliphatic carbocycles. The molecule has 0 spiro atoms. The van der Waals surface area contributed by atoms with E-state index in [-0.39, 0.29) is 5.82 Å². The monoisotopic (exact) mass is 156 g/mol. The summed E-state index contributed by atoms with van der Waals surface area (Å²) in [6, 6.07) is 7.84. The molecule has 0 fully saturated rings. The van der Waals surface area contributed by atoms with Crippen LogP contribution < -0.4 is 0 Å². The van der Waals surface area contributed by atoms with E-state index in [1.807, 2.05) is 36.7 Å². The largest absolute Gasteiger partial charge is 0.365 e. The molecule has 0 aliphatic heterocycles. The molecule has 0 amide bonds. The molecule has 2 nitrogen and oxygen atoms in total. The maximum Gasteiger partial charge on any atom is 0.0869 e. The minimum absolute atomic E-state index is 0.0741. The quantitative estimate of drug-likeness (QED) is 0.619. The van der Waals surface area contributed by atoms with Gasteiger partial charge in [-0.15, -0.1) is 0 Å². The maximum atomic E-state index is 5.94. The van der Waals surface area contributed by atoms with E-state index < -0.39 is 0 Å². The molecule has 2 radical (unpaired) electrons. The van der Waals surface area contributed by atoms with Gasteiger partial charge in [-0.05, 0) is 24.3 Å². The van der Waals surface area contributed by atoms with Gasteiger partial charge in [0.05, 0.1) is 7.85 Å². The Morgan fingerprint density at radius 2 is 1.50 bits per heavy atom. The molecule has 3 heteroatoms. The molecule has 12 heavy (non-hydrogen) atoms. The Morgan fingerprint density at radius 3 is 1.83 bits per heavy atom. The Labute approximate surface area is 72.4 Å². The van der Waals surface area contributed by atoms with Crippen LogP contribution >= 0.6 is 0 Å². The molecule has 0 saturated heterocycles.